The molecule has 0 bridgehead atoms. The van der Waals surface area contributed by atoms with E-state index in [0.717, 1.165) is 22.1 Å². The number of nitrogens with two attached hydrogens (primary N) is 2. The van der Waals surface area contributed by atoms with Crippen LogP contribution in [-0.4, -0.2) is 75.2 Å². The van der Waals surface area contributed by atoms with Gasteiger partial charge in [0.15, 0.2) is 0 Å². The number of hydrogen-bond acceptors (Lipinski definition) is 10. The summed E-state index contributed by atoms with van der Waals surface area (Å²) in [6, 6.07) is 7.13. The van der Waals surface area contributed by atoms with E-state index in [0.29, 0.717) is 34.6 Å². The molecule has 2 aromatic carbocycles. The lowest BCUT2D eigenvalue weighted by atomic mass is 9.77. The smallest absolute Gasteiger partial charge is 0.491 e. The molecule has 0 aliphatic carbocycles. The molecule has 0 unspecified atom stereocenters. The van der Waals surface area contributed by atoms with Crippen molar-refractivity contribution in [1.82, 2.24) is 0 Å². The van der Waals surface area contributed by atoms with Crippen molar-refractivity contribution >= 4 is 48.4 Å². The predicted octanol–water partition coefficient (Wildman–Crippen LogP) is 2.99. The maximum Gasteiger partial charge on any atom is 0.499 e. The zero-order valence-electron chi connectivity index (χ0n) is 21.1. The molecule has 0 amide bonds. The number of aliphatic hydroxyl groups is 2. The fourth-order valence-electron chi connectivity index (χ4n) is 4.87. The summed E-state index contributed by atoms with van der Waals surface area (Å²) in [6.07, 6.45) is -0.616. The first kappa shape index (κ1) is 38.5. The van der Waals surface area contributed by atoms with Gasteiger partial charge in [-0.1, -0.05) is 52.9 Å². The molecule has 0 radical (unpaired) electrons. The third-order valence-electron chi connectivity index (χ3n) is 7.03. The van der Waals surface area contributed by atoms with Crippen LogP contribution in [0.2, 0.25) is 10.0 Å². The highest BCUT2D eigenvalue weighted by atomic mass is 35.5. The van der Waals surface area contributed by atoms with Gasteiger partial charge in [-0.25, -0.2) is 0 Å². The highest BCUT2D eigenvalue weighted by molar-refractivity contribution is 6.65. The fourth-order valence-corrected chi connectivity index (χ4v) is 5.45. The molecular formula is C28H46B2Cl2N2O8. The van der Waals surface area contributed by atoms with E-state index in [1.165, 1.54) is 0 Å². The Morgan fingerprint density at radius 1 is 0.738 bits per heavy atom. The molecule has 14 heteroatoms. The number of hydrogen-bond donors (Lipinski definition) is 4. The third-order valence-corrected chi connectivity index (χ3v) is 7.68. The van der Waals surface area contributed by atoms with Gasteiger partial charge >= 0.3 is 14.2 Å². The maximum atomic E-state index is 9.45. The van der Waals surface area contributed by atoms with Crippen LogP contribution in [0.3, 0.4) is 0 Å². The predicted molar refractivity (Wildman–Crippen MR) is 171 cm³/mol. The first-order valence-electron chi connectivity index (χ1n) is 12.3. The largest absolute Gasteiger partial charge is 0.499 e. The zero-order chi connectivity index (χ0) is 27.2. The van der Waals surface area contributed by atoms with Gasteiger partial charge in [-0.3, -0.25) is 0 Å². The lowest BCUT2D eigenvalue weighted by Gasteiger charge is -2.27. The van der Waals surface area contributed by atoms with Crippen LogP contribution in [0.15, 0.2) is 24.3 Å². The number of ether oxygens (including phenoxy) is 2. The van der Waals surface area contributed by atoms with Crippen LogP contribution in [0, 0.1) is 0 Å². The molecule has 4 aliphatic heterocycles. The van der Waals surface area contributed by atoms with Crippen LogP contribution >= 0.6 is 23.2 Å². The SMILES string of the molecule is C.C.C.C.C[C@@]1(CO)COc2ccc(Cl)c3c2B(O[C@@H]3CN)O1.C[C@]1(CO)COc2ccc(Cl)c3c2B(O[C@@H]3CN)O1. The second kappa shape index (κ2) is 14.9. The summed E-state index contributed by atoms with van der Waals surface area (Å²) in [5, 5.41) is 20.1. The average Bonchev–Trinajstić information content (AvgIpc) is 3.38. The molecule has 0 fully saturated rings. The monoisotopic (exact) mass is 630 g/mol. The van der Waals surface area contributed by atoms with Crippen molar-refractivity contribution in [3.8, 4) is 11.5 Å². The van der Waals surface area contributed by atoms with Crippen molar-refractivity contribution < 1.29 is 38.3 Å². The molecule has 10 nitrogen and oxygen atoms in total. The van der Waals surface area contributed by atoms with E-state index >= 15 is 0 Å². The molecule has 6 N–H and O–H groups in total. The van der Waals surface area contributed by atoms with Crippen LogP contribution in [0.25, 0.3) is 0 Å². The summed E-state index contributed by atoms with van der Waals surface area (Å²) in [5.41, 5.74) is 13.1. The molecule has 236 valence electrons. The van der Waals surface area contributed by atoms with Gasteiger partial charge in [0.25, 0.3) is 0 Å². The van der Waals surface area contributed by atoms with Crippen LogP contribution in [0.4, 0.5) is 0 Å². The normalized spacial score (nSPS) is 26.1. The first-order valence-corrected chi connectivity index (χ1v) is 13.1. The quantitative estimate of drug-likeness (QED) is 0.372. The van der Waals surface area contributed by atoms with E-state index in [1.807, 2.05) is 0 Å². The van der Waals surface area contributed by atoms with E-state index in [-0.39, 0.29) is 68.3 Å². The van der Waals surface area contributed by atoms with Gasteiger partial charge in [0.2, 0.25) is 0 Å². The Bertz CT molecular complexity index is 1120. The molecule has 2 aromatic rings. The van der Waals surface area contributed by atoms with E-state index in [2.05, 4.69) is 0 Å². The molecule has 4 heterocycles. The summed E-state index contributed by atoms with van der Waals surface area (Å²) in [6.45, 7) is 4.38. The van der Waals surface area contributed by atoms with Crippen molar-refractivity contribution in [3.05, 3.63) is 45.4 Å². The fraction of sp³-hybridized carbons (Fsp3) is 0.571. The van der Waals surface area contributed by atoms with Crippen molar-refractivity contribution in [2.24, 2.45) is 11.5 Å². The minimum absolute atomic E-state index is 0. The Labute approximate surface area is 261 Å². The second-order valence-electron chi connectivity index (χ2n) is 10.2. The Morgan fingerprint density at radius 2 is 1.10 bits per heavy atom. The van der Waals surface area contributed by atoms with Crippen LogP contribution < -0.4 is 31.9 Å². The topological polar surface area (TPSA) is 148 Å². The molecule has 0 spiro atoms. The van der Waals surface area contributed by atoms with Gasteiger partial charge in [0.1, 0.15) is 35.9 Å². The Kier molecular flexibility index (Phi) is 13.7. The zero-order valence-corrected chi connectivity index (χ0v) is 22.6. The minimum Gasteiger partial charge on any atom is -0.491 e. The second-order valence-corrected chi connectivity index (χ2v) is 11.0. The minimum atomic E-state index is -0.809. The van der Waals surface area contributed by atoms with Gasteiger partial charge in [-0.2, -0.15) is 0 Å². The standard InChI is InChI=1S/2C12H15BClNO4.4CH4/c2*1-12(5-16)6-17-8-3-2-7(14)10-9(4-15)18-13(19-12)11(8)10;;;;/h2*2-3,9,16H,4-6,15H2,1H3;4*1H4/t9-,12+;9-,12-;;;;/m11..../s1. The van der Waals surface area contributed by atoms with E-state index < -0.39 is 25.4 Å². The summed E-state index contributed by atoms with van der Waals surface area (Å²) >= 11 is 12.4. The van der Waals surface area contributed by atoms with Crippen LogP contribution in [-0.2, 0) is 18.6 Å². The summed E-state index contributed by atoms with van der Waals surface area (Å²) in [7, 11) is -1.20. The highest BCUT2D eigenvalue weighted by Crippen LogP contribution is 2.38. The Morgan fingerprint density at radius 3 is 1.40 bits per heavy atom. The molecule has 4 aliphatic rings. The first-order chi connectivity index (χ1) is 18.2. The number of rotatable bonds is 4. The summed E-state index contributed by atoms with van der Waals surface area (Å²) in [4.78, 5) is 0. The van der Waals surface area contributed by atoms with E-state index in [4.69, 9.17) is 62.8 Å². The van der Waals surface area contributed by atoms with Gasteiger partial charge in [0, 0.05) is 45.2 Å². The van der Waals surface area contributed by atoms with Crippen molar-refractivity contribution in [3.63, 3.8) is 0 Å². The van der Waals surface area contributed by atoms with Crippen molar-refractivity contribution in [2.75, 3.05) is 39.5 Å². The maximum absolute atomic E-state index is 9.45. The molecule has 6 rings (SSSR count). The summed E-state index contributed by atoms with van der Waals surface area (Å²) in [5.74, 6) is 1.36. The van der Waals surface area contributed by atoms with Crippen LogP contribution in [0.5, 0.6) is 11.5 Å². The number of aliphatic hydroxyl groups excluding tert-OH is 2. The molecule has 0 aromatic heterocycles. The number of benzene rings is 2. The lowest BCUT2D eigenvalue weighted by Crippen LogP contribution is -2.45. The lowest BCUT2D eigenvalue weighted by molar-refractivity contribution is -0.0266. The molecule has 4 atom stereocenters. The van der Waals surface area contributed by atoms with Crippen LogP contribution in [0.1, 0.15) is 66.9 Å². The molecule has 0 saturated heterocycles. The number of halogens is 2. The molecular weight excluding hydrogens is 585 g/mol. The van der Waals surface area contributed by atoms with Gasteiger partial charge in [0.05, 0.1) is 25.4 Å². The van der Waals surface area contributed by atoms with Gasteiger partial charge in [-0.15, -0.1) is 0 Å². The molecule has 42 heavy (non-hydrogen) atoms. The summed E-state index contributed by atoms with van der Waals surface area (Å²) < 4.78 is 34.8. The van der Waals surface area contributed by atoms with E-state index in [1.54, 1.807) is 38.1 Å². The third kappa shape index (κ3) is 6.89. The Hall–Kier alpha value is -1.57. The highest BCUT2D eigenvalue weighted by Gasteiger charge is 2.48. The van der Waals surface area contributed by atoms with Crippen molar-refractivity contribution in [1.29, 1.82) is 0 Å². The Balaban J connectivity index is 0.000000383. The van der Waals surface area contributed by atoms with E-state index in [9.17, 15) is 10.2 Å². The molecule has 0 saturated carbocycles. The average molecular weight is 631 g/mol. The van der Waals surface area contributed by atoms with Gasteiger partial charge in [-0.05, 0) is 38.1 Å². The van der Waals surface area contributed by atoms with Crippen molar-refractivity contribution in [2.45, 2.75) is 67.0 Å². The van der Waals surface area contributed by atoms with Gasteiger partial charge < -0.3 is 49.8 Å².